The van der Waals surface area contributed by atoms with E-state index in [0.29, 0.717) is 12.2 Å². The number of hydrogen-bond donors (Lipinski definition) is 2. The number of halogens is 1. The molecule has 1 aromatic carbocycles. The summed E-state index contributed by atoms with van der Waals surface area (Å²) in [6, 6.07) is 7.79. The third-order valence-electron chi connectivity index (χ3n) is 4.02. The van der Waals surface area contributed by atoms with Gasteiger partial charge in [0.2, 0.25) is 5.91 Å². The van der Waals surface area contributed by atoms with Crippen molar-refractivity contribution >= 4 is 51.0 Å². The average molecular weight is 402 g/mol. The summed E-state index contributed by atoms with van der Waals surface area (Å²) in [6.45, 7) is 2.12. The quantitative estimate of drug-likeness (QED) is 0.769. The molecule has 1 atom stereocenters. The van der Waals surface area contributed by atoms with Gasteiger partial charge in [-0.25, -0.2) is 8.42 Å². The van der Waals surface area contributed by atoms with Crippen LogP contribution >= 0.6 is 23.7 Å². The molecule has 9 heteroatoms. The second-order valence-electron chi connectivity index (χ2n) is 5.71. The number of thiophene rings is 1. The highest BCUT2D eigenvalue weighted by Gasteiger charge is 2.30. The topological polar surface area (TPSA) is 92.5 Å². The van der Waals surface area contributed by atoms with Crippen molar-refractivity contribution in [3.8, 4) is 0 Å². The van der Waals surface area contributed by atoms with Gasteiger partial charge >= 0.3 is 0 Å². The minimum atomic E-state index is -3.69. The number of rotatable bonds is 4. The maximum Gasteiger partial charge on any atom is 0.250 e. The molecule has 3 rings (SSSR count). The summed E-state index contributed by atoms with van der Waals surface area (Å²) in [5.41, 5.74) is 8.38. The first-order valence-electron chi connectivity index (χ1n) is 7.65. The predicted octanol–water partition coefficient (Wildman–Crippen LogP) is 2.40. The van der Waals surface area contributed by atoms with Crippen LogP contribution in [0, 0.1) is 0 Å². The molecule has 0 saturated carbocycles. The van der Waals surface area contributed by atoms with Crippen LogP contribution < -0.4 is 15.4 Å². The number of nitrogens with one attached hydrogen (secondary N) is 1. The normalized spacial score (nSPS) is 15.2. The van der Waals surface area contributed by atoms with Gasteiger partial charge in [0.25, 0.3) is 10.0 Å². The Hall–Kier alpha value is -1.61. The zero-order chi connectivity index (χ0) is 17.3. The largest absolute Gasteiger partial charge is 0.398 e. The van der Waals surface area contributed by atoms with Gasteiger partial charge in [0.15, 0.2) is 0 Å². The summed E-state index contributed by atoms with van der Waals surface area (Å²) in [4.78, 5) is 14.4. The zero-order valence-electron chi connectivity index (χ0n) is 13.6. The van der Waals surface area contributed by atoms with E-state index < -0.39 is 16.1 Å². The molecule has 0 spiro atoms. The Bertz CT molecular complexity index is 854. The smallest absolute Gasteiger partial charge is 0.250 e. The molecular weight excluding hydrogens is 382 g/mol. The third kappa shape index (κ3) is 3.98. The van der Waals surface area contributed by atoms with Gasteiger partial charge in [-0.3, -0.25) is 4.79 Å². The molecule has 0 radical (unpaired) electrons. The maximum atomic E-state index is 12.8. The first-order chi connectivity index (χ1) is 11.4. The Morgan fingerprint density at radius 2 is 2.08 bits per heavy atom. The van der Waals surface area contributed by atoms with Gasteiger partial charge in [-0.15, -0.1) is 23.7 Å². The molecule has 1 amide bonds. The summed E-state index contributed by atoms with van der Waals surface area (Å²) >= 11 is 1.12. The second-order valence-corrected chi connectivity index (χ2v) is 8.60. The van der Waals surface area contributed by atoms with E-state index in [2.05, 4.69) is 4.72 Å². The number of nitrogen functional groups attached to an aromatic ring is 1. The van der Waals surface area contributed by atoms with Crippen LogP contribution in [0.3, 0.4) is 0 Å². The minimum Gasteiger partial charge on any atom is -0.398 e. The Morgan fingerprint density at radius 3 is 2.76 bits per heavy atom. The maximum absolute atomic E-state index is 12.8. The van der Waals surface area contributed by atoms with Crippen LogP contribution in [-0.2, 0) is 21.2 Å². The monoisotopic (exact) mass is 401 g/mol. The van der Waals surface area contributed by atoms with Gasteiger partial charge in [0.1, 0.15) is 4.21 Å². The summed E-state index contributed by atoms with van der Waals surface area (Å²) < 4.78 is 27.3. The number of amides is 1. The van der Waals surface area contributed by atoms with Crippen molar-refractivity contribution in [1.82, 2.24) is 4.72 Å². The SMILES string of the molecule is CC(NS(=O)(=O)c1cccs1)C(=O)N1CCCc2c(N)cccc21.Cl. The van der Waals surface area contributed by atoms with Crippen molar-refractivity contribution in [2.75, 3.05) is 17.2 Å². The summed E-state index contributed by atoms with van der Waals surface area (Å²) in [7, 11) is -3.69. The van der Waals surface area contributed by atoms with E-state index in [4.69, 9.17) is 5.73 Å². The fourth-order valence-corrected chi connectivity index (χ4v) is 5.08. The molecule has 6 nitrogen and oxygen atoms in total. The molecule has 0 aliphatic carbocycles. The van der Waals surface area contributed by atoms with Crippen molar-refractivity contribution in [3.05, 3.63) is 41.3 Å². The van der Waals surface area contributed by atoms with Crippen LogP contribution in [0.15, 0.2) is 39.9 Å². The number of carbonyl (C=O) groups excluding carboxylic acids is 1. The van der Waals surface area contributed by atoms with Gasteiger partial charge in [-0.2, -0.15) is 4.72 Å². The number of nitrogens with two attached hydrogens (primary N) is 1. The van der Waals surface area contributed by atoms with Crippen LogP contribution in [0.2, 0.25) is 0 Å². The first kappa shape index (κ1) is 19.7. The van der Waals surface area contributed by atoms with E-state index in [-0.39, 0.29) is 22.5 Å². The lowest BCUT2D eigenvalue weighted by atomic mass is 9.99. The van der Waals surface area contributed by atoms with Crippen LogP contribution in [0.1, 0.15) is 18.9 Å². The van der Waals surface area contributed by atoms with Crippen molar-refractivity contribution in [3.63, 3.8) is 0 Å². The third-order valence-corrected chi connectivity index (χ3v) is 6.95. The van der Waals surface area contributed by atoms with E-state index in [1.807, 2.05) is 12.1 Å². The molecule has 3 N–H and O–H groups in total. The van der Waals surface area contributed by atoms with Crippen LogP contribution in [0.4, 0.5) is 11.4 Å². The molecule has 2 heterocycles. The van der Waals surface area contributed by atoms with E-state index >= 15 is 0 Å². The number of anilines is 2. The number of hydrogen-bond acceptors (Lipinski definition) is 5. The standard InChI is InChI=1S/C16H19N3O3S2.ClH/c1-11(18-24(21,22)15-8-4-10-23-15)16(20)19-9-3-5-12-13(17)6-2-7-14(12)19;/h2,4,6-8,10-11,18H,3,5,9,17H2,1H3;1H. The van der Waals surface area contributed by atoms with E-state index in [9.17, 15) is 13.2 Å². The minimum absolute atomic E-state index is 0. The second kappa shape index (κ2) is 7.74. The Labute approximate surface area is 157 Å². The van der Waals surface area contributed by atoms with Gasteiger partial charge in [-0.1, -0.05) is 12.1 Å². The molecule has 1 aliphatic rings. The molecule has 2 aromatic rings. The molecular formula is C16H20ClN3O3S2. The fourth-order valence-electron chi connectivity index (χ4n) is 2.87. The number of benzene rings is 1. The lowest BCUT2D eigenvalue weighted by Crippen LogP contribution is -2.48. The van der Waals surface area contributed by atoms with Crippen LogP contribution in [0.25, 0.3) is 0 Å². The molecule has 1 aliphatic heterocycles. The van der Waals surface area contributed by atoms with E-state index in [1.54, 1.807) is 29.3 Å². The number of carbonyl (C=O) groups is 1. The highest BCUT2D eigenvalue weighted by Crippen LogP contribution is 2.31. The number of sulfonamides is 1. The molecule has 1 aromatic heterocycles. The van der Waals surface area contributed by atoms with Crippen LogP contribution in [0.5, 0.6) is 0 Å². The Morgan fingerprint density at radius 1 is 1.32 bits per heavy atom. The van der Waals surface area contributed by atoms with Crippen molar-refractivity contribution in [2.45, 2.75) is 30.0 Å². The molecule has 25 heavy (non-hydrogen) atoms. The fraction of sp³-hybridized carbons (Fsp3) is 0.312. The highest BCUT2D eigenvalue weighted by molar-refractivity contribution is 7.91. The lowest BCUT2D eigenvalue weighted by Gasteiger charge is -2.32. The van der Waals surface area contributed by atoms with Crippen molar-refractivity contribution in [1.29, 1.82) is 0 Å². The Balaban J connectivity index is 0.00000225. The van der Waals surface area contributed by atoms with Crippen molar-refractivity contribution in [2.24, 2.45) is 0 Å². The van der Waals surface area contributed by atoms with Crippen LogP contribution in [-0.4, -0.2) is 26.9 Å². The highest BCUT2D eigenvalue weighted by atomic mass is 35.5. The summed E-state index contributed by atoms with van der Waals surface area (Å²) in [5, 5.41) is 1.69. The Kier molecular flexibility index (Phi) is 6.10. The zero-order valence-corrected chi connectivity index (χ0v) is 16.1. The van der Waals surface area contributed by atoms with Gasteiger partial charge in [0, 0.05) is 17.9 Å². The molecule has 1 unspecified atom stereocenters. The predicted molar refractivity (Wildman–Crippen MR) is 103 cm³/mol. The van der Waals surface area contributed by atoms with E-state index in [0.717, 1.165) is 35.4 Å². The molecule has 0 bridgehead atoms. The van der Waals surface area contributed by atoms with Gasteiger partial charge in [-0.05, 0) is 48.9 Å². The first-order valence-corrected chi connectivity index (χ1v) is 10.0. The number of fused-ring (bicyclic) bond motifs is 1. The number of nitrogens with zero attached hydrogens (tertiary/aromatic N) is 1. The molecule has 136 valence electrons. The summed E-state index contributed by atoms with van der Waals surface area (Å²) in [6.07, 6.45) is 1.62. The van der Waals surface area contributed by atoms with Gasteiger partial charge < -0.3 is 10.6 Å². The molecule has 0 fully saturated rings. The van der Waals surface area contributed by atoms with Crippen molar-refractivity contribution < 1.29 is 13.2 Å². The summed E-state index contributed by atoms with van der Waals surface area (Å²) in [5.74, 6) is -0.276. The van der Waals surface area contributed by atoms with Gasteiger partial charge in [0.05, 0.1) is 6.04 Å². The van der Waals surface area contributed by atoms with E-state index in [1.165, 1.54) is 6.07 Å². The average Bonchev–Trinajstić information content (AvgIpc) is 3.09. The lowest BCUT2D eigenvalue weighted by molar-refractivity contribution is -0.119. The molecule has 0 saturated heterocycles.